The number of fused-ring (bicyclic) bond motifs is 1. The van der Waals surface area contributed by atoms with Crippen LogP contribution < -0.4 is 5.32 Å². The largest absolute Gasteiger partial charge is 0.385 e. The molecule has 1 amide bonds. The van der Waals surface area contributed by atoms with Gasteiger partial charge in [-0.3, -0.25) is 4.79 Å². The minimum atomic E-state index is -2.79. The van der Waals surface area contributed by atoms with Crippen molar-refractivity contribution in [2.75, 3.05) is 5.32 Å². The molecule has 1 aliphatic rings. The van der Waals surface area contributed by atoms with Crippen molar-refractivity contribution in [2.24, 2.45) is 0 Å². The first kappa shape index (κ1) is 19.4. The molecule has 3 N–H and O–H groups in total. The van der Waals surface area contributed by atoms with Crippen LogP contribution in [0.4, 0.5) is 23.2 Å². The summed E-state index contributed by atoms with van der Waals surface area (Å²) in [5.74, 6) is -5.35. The van der Waals surface area contributed by atoms with Gasteiger partial charge in [-0.05, 0) is 36.6 Å². The zero-order valence-corrected chi connectivity index (χ0v) is 15.2. The second kappa shape index (κ2) is 6.88. The maximum atomic E-state index is 13.5. The fourth-order valence-corrected chi connectivity index (χ4v) is 3.68. The quantitative estimate of drug-likeness (QED) is 0.530. The van der Waals surface area contributed by atoms with Gasteiger partial charge in [0.05, 0.1) is 16.8 Å². The number of hydrogen-bond acceptors (Lipinski definition) is 2. The van der Waals surface area contributed by atoms with E-state index in [4.69, 9.17) is 0 Å². The normalized spacial score (nSPS) is 18.0. The van der Waals surface area contributed by atoms with E-state index in [-0.39, 0.29) is 24.1 Å². The van der Waals surface area contributed by atoms with E-state index in [1.807, 2.05) is 0 Å². The van der Waals surface area contributed by atoms with E-state index < -0.39 is 41.9 Å². The number of halogens is 4. The third-order valence-corrected chi connectivity index (χ3v) is 5.44. The number of carbonyl (C=O) groups excluding carboxylic acids is 1. The van der Waals surface area contributed by atoms with E-state index in [0.29, 0.717) is 16.5 Å². The minimum absolute atomic E-state index is 0.0988. The van der Waals surface area contributed by atoms with E-state index in [1.54, 1.807) is 12.1 Å². The van der Waals surface area contributed by atoms with Crippen molar-refractivity contribution in [2.45, 2.75) is 37.2 Å². The molecule has 4 nitrogen and oxygen atoms in total. The molecule has 4 rings (SSSR count). The average Bonchev–Trinajstić information content (AvgIpc) is 3.06. The monoisotopic (exact) mass is 406 g/mol. The third-order valence-electron chi connectivity index (χ3n) is 5.44. The molecule has 0 bridgehead atoms. The van der Waals surface area contributed by atoms with Crippen molar-refractivity contribution < 1.29 is 27.5 Å². The molecule has 0 saturated heterocycles. The van der Waals surface area contributed by atoms with Gasteiger partial charge in [-0.25, -0.2) is 17.6 Å². The number of carbonyl (C=O) groups is 1. The van der Waals surface area contributed by atoms with Gasteiger partial charge in [-0.2, -0.15) is 0 Å². The molecule has 1 fully saturated rings. The Morgan fingerprint density at radius 1 is 1.03 bits per heavy atom. The van der Waals surface area contributed by atoms with E-state index >= 15 is 0 Å². The fourth-order valence-electron chi connectivity index (χ4n) is 3.68. The van der Waals surface area contributed by atoms with Gasteiger partial charge in [0.25, 0.3) is 5.91 Å². The highest BCUT2D eigenvalue weighted by molar-refractivity contribution is 6.09. The summed E-state index contributed by atoms with van der Waals surface area (Å²) in [5.41, 5.74) is -0.215. The summed E-state index contributed by atoms with van der Waals surface area (Å²) in [4.78, 5) is 15.4. The van der Waals surface area contributed by atoms with Gasteiger partial charge in [-0.15, -0.1) is 0 Å². The van der Waals surface area contributed by atoms with Gasteiger partial charge in [0.1, 0.15) is 0 Å². The number of aromatic nitrogens is 1. The molecule has 0 unspecified atom stereocenters. The van der Waals surface area contributed by atoms with Gasteiger partial charge in [0.2, 0.25) is 5.92 Å². The number of rotatable bonds is 3. The Morgan fingerprint density at radius 3 is 2.45 bits per heavy atom. The van der Waals surface area contributed by atoms with Crippen LogP contribution in [0.3, 0.4) is 0 Å². The lowest BCUT2D eigenvalue weighted by Crippen LogP contribution is -2.36. The molecule has 1 saturated carbocycles. The smallest absolute Gasteiger partial charge is 0.255 e. The first-order valence-corrected chi connectivity index (χ1v) is 9.15. The average molecular weight is 406 g/mol. The van der Waals surface area contributed by atoms with E-state index in [9.17, 15) is 27.5 Å². The van der Waals surface area contributed by atoms with E-state index in [2.05, 4.69) is 10.3 Å². The predicted molar refractivity (Wildman–Crippen MR) is 99.9 cm³/mol. The second-order valence-electron chi connectivity index (χ2n) is 7.44. The molecule has 0 spiro atoms. The Hall–Kier alpha value is -2.87. The summed E-state index contributed by atoms with van der Waals surface area (Å²) >= 11 is 0. The van der Waals surface area contributed by atoms with Crippen LogP contribution in [-0.4, -0.2) is 21.9 Å². The molecule has 0 aliphatic heterocycles. The van der Waals surface area contributed by atoms with Crippen LogP contribution in [0.15, 0.2) is 42.6 Å². The molecule has 3 aromatic rings. The van der Waals surface area contributed by atoms with Gasteiger partial charge >= 0.3 is 0 Å². The molecular formula is C21H18F4N2O2. The standard InChI is InChI=1S/C21H18F4N2O2/c22-15-9-14-17(10-16(15)23)26-11-18(14)27-19(28)12-2-1-3-13(8-12)20(29)4-6-21(24,25)7-5-20/h1-3,8-11,26,29H,4-7H2,(H,27,28). The topological polar surface area (TPSA) is 65.1 Å². The van der Waals surface area contributed by atoms with E-state index in [1.165, 1.54) is 18.3 Å². The highest BCUT2D eigenvalue weighted by Gasteiger charge is 2.43. The molecule has 29 heavy (non-hydrogen) atoms. The molecule has 1 aromatic heterocycles. The number of H-pyrrole nitrogens is 1. The lowest BCUT2D eigenvalue weighted by atomic mass is 9.78. The Kier molecular flexibility index (Phi) is 4.61. The SMILES string of the molecule is O=C(Nc1c[nH]c2cc(F)c(F)cc12)c1cccc(C2(O)CCC(F)(F)CC2)c1. The van der Waals surface area contributed by atoms with Crippen LogP contribution in [0, 0.1) is 11.6 Å². The molecule has 8 heteroatoms. The number of aromatic amines is 1. The summed E-state index contributed by atoms with van der Waals surface area (Å²) in [6, 6.07) is 8.14. The van der Waals surface area contributed by atoms with Gasteiger partial charge in [-0.1, -0.05) is 12.1 Å². The Bertz CT molecular complexity index is 1080. The van der Waals surface area contributed by atoms with Gasteiger partial charge < -0.3 is 15.4 Å². The Labute approximate surface area is 163 Å². The van der Waals surface area contributed by atoms with Gasteiger partial charge in [0, 0.05) is 36.1 Å². The molecule has 1 heterocycles. The molecule has 0 radical (unpaired) electrons. The maximum absolute atomic E-state index is 13.5. The summed E-state index contributed by atoms with van der Waals surface area (Å²) in [6.45, 7) is 0. The van der Waals surface area contributed by atoms with Crippen molar-refractivity contribution in [3.63, 3.8) is 0 Å². The zero-order chi connectivity index (χ0) is 20.8. The first-order chi connectivity index (χ1) is 13.7. The van der Waals surface area contributed by atoms with Crippen LogP contribution in [0.1, 0.15) is 41.6 Å². The Morgan fingerprint density at radius 2 is 1.72 bits per heavy atom. The minimum Gasteiger partial charge on any atom is -0.385 e. The number of alkyl halides is 2. The molecule has 152 valence electrons. The maximum Gasteiger partial charge on any atom is 0.255 e. The number of nitrogens with one attached hydrogen (secondary N) is 2. The van der Waals surface area contributed by atoms with E-state index in [0.717, 1.165) is 12.1 Å². The van der Waals surface area contributed by atoms with Crippen LogP contribution >= 0.6 is 0 Å². The van der Waals surface area contributed by atoms with Crippen molar-refractivity contribution in [3.05, 3.63) is 65.4 Å². The number of amides is 1. The highest BCUT2D eigenvalue weighted by Crippen LogP contribution is 2.43. The van der Waals surface area contributed by atoms with Crippen molar-refractivity contribution >= 4 is 22.5 Å². The number of hydrogen-bond donors (Lipinski definition) is 3. The first-order valence-electron chi connectivity index (χ1n) is 9.15. The number of aliphatic hydroxyl groups is 1. The Balaban J connectivity index is 1.58. The van der Waals surface area contributed by atoms with Crippen molar-refractivity contribution in [3.8, 4) is 0 Å². The van der Waals surface area contributed by atoms with Gasteiger partial charge in [0.15, 0.2) is 11.6 Å². The summed E-state index contributed by atoms with van der Waals surface area (Å²) < 4.78 is 53.7. The van der Waals surface area contributed by atoms with Crippen LogP contribution in [0.2, 0.25) is 0 Å². The number of anilines is 1. The molecule has 1 aliphatic carbocycles. The number of benzene rings is 2. The lowest BCUT2D eigenvalue weighted by Gasteiger charge is -2.36. The van der Waals surface area contributed by atoms with Crippen LogP contribution in [-0.2, 0) is 5.60 Å². The fraction of sp³-hybridized carbons (Fsp3) is 0.286. The molecule has 0 atom stereocenters. The van der Waals surface area contributed by atoms with Crippen molar-refractivity contribution in [1.29, 1.82) is 0 Å². The zero-order valence-electron chi connectivity index (χ0n) is 15.2. The predicted octanol–water partition coefficient (Wildman–Crippen LogP) is 5.10. The highest BCUT2D eigenvalue weighted by atomic mass is 19.3. The molecular weight excluding hydrogens is 388 g/mol. The summed E-state index contributed by atoms with van der Waals surface area (Å²) in [6.07, 6.45) is 0.382. The van der Waals surface area contributed by atoms with Crippen molar-refractivity contribution in [1.82, 2.24) is 4.98 Å². The molecule has 2 aromatic carbocycles. The van der Waals surface area contributed by atoms with Crippen LogP contribution in [0.25, 0.3) is 10.9 Å². The summed E-state index contributed by atoms with van der Waals surface area (Å²) in [7, 11) is 0. The van der Waals surface area contributed by atoms with Crippen LogP contribution in [0.5, 0.6) is 0 Å². The third kappa shape index (κ3) is 3.72. The second-order valence-corrected chi connectivity index (χ2v) is 7.44. The summed E-state index contributed by atoms with van der Waals surface area (Å²) in [5, 5.41) is 13.7. The lowest BCUT2D eigenvalue weighted by molar-refractivity contribution is -0.107.